The first-order valence-corrected chi connectivity index (χ1v) is 6.11. The summed E-state index contributed by atoms with van der Waals surface area (Å²) >= 11 is 0. The van der Waals surface area contributed by atoms with Crippen molar-refractivity contribution in [3.05, 3.63) is 53.9 Å². The Balaban J connectivity index is 2.10. The minimum absolute atomic E-state index is 0.241. The summed E-state index contributed by atoms with van der Waals surface area (Å²) in [6.07, 6.45) is 3.32. The van der Waals surface area contributed by atoms with Gasteiger partial charge in [0.15, 0.2) is 0 Å². The van der Waals surface area contributed by atoms with E-state index < -0.39 is 5.97 Å². The van der Waals surface area contributed by atoms with Crippen molar-refractivity contribution in [1.82, 2.24) is 19.5 Å². The van der Waals surface area contributed by atoms with Gasteiger partial charge >= 0.3 is 5.97 Å². The maximum atomic E-state index is 11.3. The van der Waals surface area contributed by atoms with E-state index in [0.717, 1.165) is 5.69 Å². The third kappa shape index (κ3) is 2.11. The maximum Gasteiger partial charge on any atom is 0.337 e. The van der Waals surface area contributed by atoms with E-state index >= 15 is 0 Å². The van der Waals surface area contributed by atoms with Crippen molar-refractivity contribution in [2.75, 3.05) is 0 Å². The summed E-state index contributed by atoms with van der Waals surface area (Å²) in [4.78, 5) is 23.9. The molecule has 0 saturated carbocycles. The Morgan fingerprint density at radius 1 is 1.30 bits per heavy atom. The van der Waals surface area contributed by atoms with Crippen molar-refractivity contribution in [2.45, 2.75) is 13.5 Å². The second-order valence-corrected chi connectivity index (χ2v) is 4.45. The molecule has 20 heavy (non-hydrogen) atoms. The molecular formula is C14H12N4O2. The summed E-state index contributed by atoms with van der Waals surface area (Å²) in [6, 6.07) is 6.87. The van der Waals surface area contributed by atoms with Gasteiger partial charge in [-0.2, -0.15) is 0 Å². The molecule has 3 rings (SSSR count). The predicted molar refractivity (Wildman–Crippen MR) is 72.6 cm³/mol. The normalized spacial score (nSPS) is 10.8. The van der Waals surface area contributed by atoms with Crippen molar-refractivity contribution in [1.29, 1.82) is 0 Å². The molecule has 6 nitrogen and oxygen atoms in total. The number of carbonyl (C=O) groups is 1. The number of fused-ring (bicyclic) bond motifs is 1. The molecule has 2 heterocycles. The van der Waals surface area contributed by atoms with Gasteiger partial charge in [-0.15, -0.1) is 0 Å². The van der Waals surface area contributed by atoms with E-state index in [1.54, 1.807) is 35.3 Å². The minimum atomic E-state index is -0.962. The average molecular weight is 268 g/mol. The minimum Gasteiger partial charge on any atom is -0.478 e. The van der Waals surface area contributed by atoms with Crippen LogP contribution >= 0.6 is 0 Å². The number of aryl methyl sites for hydroxylation is 1. The zero-order valence-electron chi connectivity index (χ0n) is 10.8. The molecule has 1 aromatic carbocycles. The first-order valence-electron chi connectivity index (χ1n) is 6.11. The lowest BCUT2D eigenvalue weighted by Crippen LogP contribution is -2.06. The van der Waals surface area contributed by atoms with Gasteiger partial charge in [-0.3, -0.25) is 0 Å². The number of aromatic carboxylic acids is 1. The summed E-state index contributed by atoms with van der Waals surface area (Å²) in [5, 5.41) is 9.27. The standard InChI is InChI=1S/C14H12N4O2/c1-9-15-6-5-10(17-9)7-18-8-16-12-4-2-3-11(13(12)18)14(19)20/h2-6,8H,7H2,1H3,(H,19,20). The number of carboxylic acids is 1. The van der Waals surface area contributed by atoms with E-state index in [2.05, 4.69) is 15.0 Å². The van der Waals surface area contributed by atoms with Crippen LogP contribution < -0.4 is 0 Å². The number of hydrogen-bond donors (Lipinski definition) is 1. The fourth-order valence-corrected chi connectivity index (χ4v) is 2.19. The molecule has 2 aromatic heterocycles. The van der Waals surface area contributed by atoms with Crippen LogP contribution in [0.2, 0.25) is 0 Å². The Bertz CT molecular complexity index is 795. The number of para-hydroxylation sites is 1. The third-order valence-corrected chi connectivity index (χ3v) is 3.03. The van der Waals surface area contributed by atoms with Crippen LogP contribution in [0.25, 0.3) is 11.0 Å². The molecule has 0 atom stereocenters. The molecule has 1 N–H and O–H groups in total. The lowest BCUT2D eigenvalue weighted by Gasteiger charge is -2.06. The number of hydrogen-bond acceptors (Lipinski definition) is 4. The quantitative estimate of drug-likeness (QED) is 0.784. The highest BCUT2D eigenvalue weighted by atomic mass is 16.4. The molecule has 3 aromatic rings. The van der Waals surface area contributed by atoms with E-state index in [0.29, 0.717) is 23.4 Å². The van der Waals surface area contributed by atoms with Crippen LogP contribution in [0, 0.1) is 6.92 Å². The Hall–Kier alpha value is -2.76. The lowest BCUT2D eigenvalue weighted by molar-refractivity contribution is 0.0698. The van der Waals surface area contributed by atoms with Gasteiger partial charge in [0, 0.05) is 6.20 Å². The van der Waals surface area contributed by atoms with Crippen LogP contribution in [-0.2, 0) is 6.54 Å². The van der Waals surface area contributed by atoms with Gasteiger partial charge in [-0.25, -0.2) is 19.7 Å². The average Bonchev–Trinajstić information content (AvgIpc) is 2.82. The molecule has 0 aliphatic carbocycles. The summed E-state index contributed by atoms with van der Waals surface area (Å²) < 4.78 is 1.79. The van der Waals surface area contributed by atoms with Crippen LogP contribution in [0.5, 0.6) is 0 Å². The summed E-state index contributed by atoms with van der Waals surface area (Å²) in [5.41, 5.74) is 2.33. The molecule has 100 valence electrons. The molecule has 6 heteroatoms. The van der Waals surface area contributed by atoms with Gasteiger partial charge in [-0.1, -0.05) is 6.07 Å². The molecule has 0 spiro atoms. The van der Waals surface area contributed by atoms with E-state index in [-0.39, 0.29) is 5.56 Å². The van der Waals surface area contributed by atoms with Crippen molar-refractivity contribution in [3.63, 3.8) is 0 Å². The largest absolute Gasteiger partial charge is 0.478 e. The van der Waals surface area contributed by atoms with Gasteiger partial charge in [0.25, 0.3) is 0 Å². The van der Waals surface area contributed by atoms with Gasteiger partial charge in [0.1, 0.15) is 5.82 Å². The van der Waals surface area contributed by atoms with Crippen LogP contribution in [0.3, 0.4) is 0 Å². The smallest absolute Gasteiger partial charge is 0.337 e. The van der Waals surface area contributed by atoms with Crippen LogP contribution in [-0.4, -0.2) is 30.6 Å². The van der Waals surface area contributed by atoms with Gasteiger partial charge in [-0.05, 0) is 25.1 Å². The summed E-state index contributed by atoms with van der Waals surface area (Å²) in [7, 11) is 0. The highest BCUT2D eigenvalue weighted by molar-refractivity contribution is 6.01. The van der Waals surface area contributed by atoms with Crippen molar-refractivity contribution in [2.24, 2.45) is 0 Å². The van der Waals surface area contributed by atoms with E-state index in [1.807, 2.05) is 13.0 Å². The molecular weight excluding hydrogens is 256 g/mol. The molecule has 0 amide bonds. The topological polar surface area (TPSA) is 80.9 Å². The highest BCUT2D eigenvalue weighted by Gasteiger charge is 2.13. The van der Waals surface area contributed by atoms with Crippen molar-refractivity contribution < 1.29 is 9.90 Å². The van der Waals surface area contributed by atoms with Gasteiger partial charge in [0.2, 0.25) is 0 Å². The van der Waals surface area contributed by atoms with Crippen molar-refractivity contribution in [3.8, 4) is 0 Å². The first kappa shape index (κ1) is 12.3. The predicted octanol–water partition coefficient (Wildman–Crippen LogP) is 1.88. The SMILES string of the molecule is Cc1nccc(Cn2cnc3cccc(C(=O)O)c32)n1. The summed E-state index contributed by atoms with van der Waals surface area (Å²) in [6.45, 7) is 2.28. The summed E-state index contributed by atoms with van der Waals surface area (Å²) in [5.74, 6) is -0.276. The Labute approximate surface area is 114 Å². The fraction of sp³-hybridized carbons (Fsp3) is 0.143. The monoisotopic (exact) mass is 268 g/mol. The van der Waals surface area contributed by atoms with Gasteiger partial charge in [0.05, 0.1) is 35.2 Å². The molecule has 0 saturated heterocycles. The second kappa shape index (κ2) is 4.73. The Morgan fingerprint density at radius 3 is 2.90 bits per heavy atom. The molecule has 0 aliphatic rings. The zero-order chi connectivity index (χ0) is 14.1. The first-order chi connectivity index (χ1) is 9.65. The molecule has 0 aliphatic heterocycles. The van der Waals surface area contributed by atoms with Crippen LogP contribution in [0.1, 0.15) is 21.9 Å². The number of benzene rings is 1. The number of nitrogens with zero attached hydrogens (tertiary/aromatic N) is 4. The van der Waals surface area contributed by atoms with E-state index in [4.69, 9.17) is 0 Å². The number of aromatic nitrogens is 4. The van der Waals surface area contributed by atoms with E-state index in [1.165, 1.54) is 0 Å². The maximum absolute atomic E-state index is 11.3. The molecule has 0 radical (unpaired) electrons. The van der Waals surface area contributed by atoms with Crippen LogP contribution in [0.4, 0.5) is 0 Å². The Kier molecular flexibility index (Phi) is 2.90. The lowest BCUT2D eigenvalue weighted by atomic mass is 10.2. The Morgan fingerprint density at radius 2 is 2.15 bits per heavy atom. The van der Waals surface area contributed by atoms with E-state index in [9.17, 15) is 9.90 Å². The van der Waals surface area contributed by atoms with Gasteiger partial charge < -0.3 is 9.67 Å². The molecule has 0 fully saturated rings. The second-order valence-electron chi connectivity index (χ2n) is 4.45. The van der Waals surface area contributed by atoms with Crippen molar-refractivity contribution >= 4 is 17.0 Å². The molecule has 0 bridgehead atoms. The zero-order valence-corrected chi connectivity index (χ0v) is 10.8. The highest BCUT2D eigenvalue weighted by Crippen LogP contribution is 2.19. The number of rotatable bonds is 3. The third-order valence-electron chi connectivity index (χ3n) is 3.03. The van der Waals surface area contributed by atoms with Crippen LogP contribution in [0.15, 0.2) is 36.8 Å². The molecule has 0 unspecified atom stereocenters. The number of carboxylic acid groups (broad SMARTS) is 1. The fourth-order valence-electron chi connectivity index (χ4n) is 2.19. The number of imidazole rings is 1.